The van der Waals surface area contributed by atoms with Crippen LogP contribution in [0.3, 0.4) is 0 Å². The number of rotatable bonds is 5. The lowest BCUT2D eigenvalue weighted by Crippen LogP contribution is -2.12. The molecule has 0 saturated heterocycles. The smallest absolute Gasteiger partial charge is 0.225 e. The lowest BCUT2D eigenvalue weighted by molar-refractivity contribution is 0.589. The van der Waals surface area contributed by atoms with Crippen molar-refractivity contribution in [3.8, 4) is 0 Å². The molecule has 0 fully saturated rings. The molecule has 16 heavy (non-hydrogen) atoms. The van der Waals surface area contributed by atoms with Crippen LogP contribution in [0.1, 0.15) is 44.6 Å². The number of sulfonamides is 1. The van der Waals surface area contributed by atoms with E-state index in [9.17, 15) is 8.42 Å². The second kappa shape index (κ2) is 5.46. The fourth-order valence-corrected chi connectivity index (χ4v) is 2.47. The summed E-state index contributed by atoms with van der Waals surface area (Å²) in [5, 5.41) is 5.11. The number of hydrogen-bond donors (Lipinski definition) is 1. The Morgan fingerprint density at radius 1 is 1.31 bits per heavy atom. The molecule has 90 valence electrons. The van der Waals surface area contributed by atoms with E-state index in [-0.39, 0.29) is 4.90 Å². The molecule has 2 N–H and O–H groups in total. The Morgan fingerprint density at radius 3 is 2.50 bits per heavy atom. The molecule has 1 aromatic rings. The zero-order valence-corrected chi connectivity index (χ0v) is 10.6. The molecule has 0 heterocycles. The Kier molecular flexibility index (Phi) is 4.50. The zero-order valence-electron chi connectivity index (χ0n) is 9.81. The maximum absolute atomic E-state index is 11.2. The average molecular weight is 241 g/mol. The number of nitrogens with two attached hydrogens (primary N) is 1. The van der Waals surface area contributed by atoms with Gasteiger partial charge in [0.05, 0.1) is 4.90 Å². The Bertz CT molecular complexity index is 440. The van der Waals surface area contributed by atoms with Crippen LogP contribution in [-0.4, -0.2) is 8.42 Å². The summed E-state index contributed by atoms with van der Waals surface area (Å²) in [5.74, 6) is 0.423. The van der Waals surface area contributed by atoms with Gasteiger partial charge in [0.25, 0.3) is 0 Å². The minimum atomic E-state index is -3.58. The molecule has 1 aromatic carbocycles. The van der Waals surface area contributed by atoms with Crippen LogP contribution in [0.25, 0.3) is 0 Å². The molecule has 0 aliphatic rings. The van der Waals surface area contributed by atoms with Crippen molar-refractivity contribution in [2.24, 2.45) is 5.14 Å². The molecular formula is C12H19NO2S. The van der Waals surface area contributed by atoms with Crippen molar-refractivity contribution in [1.82, 2.24) is 0 Å². The monoisotopic (exact) mass is 241 g/mol. The van der Waals surface area contributed by atoms with Crippen molar-refractivity contribution >= 4 is 10.0 Å². The van der Waals surface area contributed by atoms with Crippen molar-refractivity contribution in [1.29, 1.82) is 0 Å². The van der Waals surface area contributed by atoms with Crippen LogP contribution in [0, 0.1) is 0 Å². The molecule has 4 heteroatoms. The predicted octanol–water partition coefficient (Wildman–Crippen LogP) is 2.63. The van der Waals surface area contributed by atoms with Crippen molar-refractivity contribution < 1.29 is 8.42 Å². The standard InChI is InChI=1S/C12H19NO2S/c1-3-6-10(4-2)11-7-5-8-12(9-11)16(13,14)15/h5,7-10H,3-4,6H2,1-2H3,(H2,13,14,15). The van der Waals surface area contributed by atoms with Crippen LogP contribution in [0.5, 0.6) is 0 Å². The normalized spacial score (nSPS) is 13.7. The van der Waals surface area contributed by atoms with Crippen LogP contribution in [-0.2, 0) is 10.0 Å². The molecule has 3 nitrogen and oxygen atoms in total. The van der Waals surface area contributed by atoms with Crippen LogP contribution < -0.4 is 5.14 Å². The maximum Gasteiger partial charge on any atom is 0.238 e. The molecule has 0 saturated carbocycles. The minimum Gasteiger partial charge on any atom is -0.225 e. The van der Waals surface area contributed by atoms with Gasteiger partial charge in [-0.1, -0.05) is 32.4 Å². The highest BCUT2D eigenvalue weighted by Crippen LogP contribution is 2.26. The molecule has 0 aliphatic heterocycles. The van der Waals surface area contributed by atoms with E-state index < -0.39 is 10.0 Å². The summed E-state index contributed by atoms with van der Waals surface area (Å²) in [7, 11) is -3.58. The summed E-state index contributed by atoms with van der Waals surface area (Å²) in [6.45, 7) is 4.25. The van der Waals surface area contributed by atoms with Gasteiger partial charge in [0.2, 0.25) is 10.0 Å². The topological polar surface area (TPSA) is 60.2 Å². The van der Waals surface area contributed by atoms with Crippen LogP contribution in [0.15, 0.2) is 29.2 Å². The number of hydrogen-bond acceptors (Lipinski definition) is 2. The number of primary sulfonamides is 1. The van der Waals surface area contributed by atoms with Gasteiger partial charge in [-0.05, 0) is 36.5 Å². The van der Waals surface area contributed by atoms with Gasteiger partial charge < -0.3 is 0 Å². The van der Waals surface area contributed by atoms with Gasteiger partial charge in [0.15, 0.2) is 0 Å². The third kappa shape index (κ3) is 3.32. The van der Waals surface area contributed by atoms with Gasteiger partial charge in [0, 0.05) is 0 Å². The largest absolute Gasteiger partial charge is 0.238 e. The lowest BCUT2D eigenvalue weighted by atomic mass is 9.92. The second-order valence-corrected chi connectivity index (χ2v) is 5.57. The van der Waals surface area contributed by atoms with Gasteiger partial charge in [0.1, 0.15) is 0 Å². The summed E-state index contributed by atoms with van der Waals surface area (Å²) in [6.07, 6.45) is 3.19. The summed E-state index contributed by atoms with van der Waals surface area (Å²) < 4.78 is 22.5. The van der Waals surface area contributed by atoms with Crippen molar-refractivity contribution in [3.05, 3.63) is 29.8 Å². The molecule has 1 unspecified atom stereocenters. The molecule has 0 aliphatic carbocycles. The Morgan fingerprint density at radius 2 is 2.00 bits per heavy atom. The third-order valence-electron chi connectivity index (χ3n) is 2.79. The highest BCUT2D eigenvalue weighted by Gasteiger charge is 2.12. The summed E-state index contributed by atoms with van der Waals surface area (Å²) >= 11 is 0. The Labute approximate surface area is 97.7 Å². The fourth-order valence-electron chi connectivity index (χ4n) is 1.90. The van der Waals surface area contributed by atoms with E-state index in [1.165, 1.54) is 6.07 Å². The molecule has 1 rings (SSSR count). The minimum absolute atomic E-state index is 0.208. The first-order valence-corrected chi connectivity index (χ1v) is 7.16. The maximum atomic E-state index is 11.2. The van der Waals surface area contributed by atoms with Gasteiger partial charge in [-0.15, -0.1) is 0 Å². The Hall–Kier alpha value is -0.870. The van der Waals surface area contributed by atoms with E-state index in [1.54, 1.807) is 12.1 Å². The molecular weight excluding hydrogens is 222 g/mol. The molecule has 0 aromatic heterocycles. The van der Waals surface area contributed by atoms with Crippen molar-refractivity contribution in [2.75, 3.05) is 0 Å². The van der Waals surface area contributed by atoms with E-state index in [0.717, 1.165) is 24.8 Å². The molecule has 1 atom stereocenters. The third-order valence-corrected chi connectivity index (χ3v) is 3.70. The molecule has 0 spiro atoms. The van der Waals surface area contributed by atoms with Gasteiger partial charge in [-0.3, -0.25) is 0 Å². The van der Waals surface area contributed by atoms with E-state index in [1.807, 2.05) is 6.07 Å². The summed E-state index contributed by atoms with van der Waals surface area (Å²) in [4.78, 5) is 0.208. The molecule has 0 amide bonds. The van der Waals surface area contributed by atoms with Crippen LogP contribution in [0.2, 0.25) is 0 Å². The van der Waals surface area contributed by atoms with E-state index in [2.05, 4.69) is 13.8 Å². The van der Waals surface area contributed by atoms with E-state index >= 15 is 0 Å². The first kappa shape index (κ1) is 13.2. The Balaban J connectivity index is 3.06. The molecule has 0 bridgehead atoms. The van der Waals surface area contributed by atoms with Gasteiger partial charge in [-0.2, -0.15) is 0 Å². The van der Waals surface area contributed by atoms with Crippen LogP contribution in [0.4, 0.5) is 0 Å². The average Bonchev–Trinajstić information content (AvgIpc) is 2.25. The predicted molar refractivity (Wildman–Crippen MR) is 65.8 cm³/mol. The SMILES string of the molecule is CCCC(CC)c1cccc(S(N)(=O)=O)c1. The van der Waals surface area contributed by atoms with Gasteiger partial charge >= 0.3 is 0 Å². The quantitative estimate of drug-likeness (QED) is 0.861. The zero-order chi connectivity index (χ0) is 12.2. The first-order chi connectivity index (χ1) is 7.49. The fraction of sp³-hybridized carbons (Fsp3) is 0.500. The molecule has 0 radical (unpaired) electrons. The van der Waals surface area contributed by atoms with E-state index in [4.69, 9.17) is 5.14 Å². The first-order valence-electron chi connectivity index (χ1n) is 5.61. The van der Waals surface area contributed by atoms with E-state index in [0.29, 0.717) is 5.92 Å². The summed E-state index contributed by atoms with van der Waals surface area (Å²) in [6, 6.07) is 6.96. The van der Waals surface area contributed by atoms with Crippen molar-refractivity contribution in [3.63, 3.8) is 0 Å². The second-order valence-electron chi connectivity index (χ2n) is 4.01. The van der Waals surface area contributed by atoms with Crippen molar-refractivity contribution in [2.45, 2.75) is 43.9 Å². The lowest BCUT2D eigenvalue weighted by Gasteiger charge is -2.14. The van der Waals surface area contributed by atoms with Crippen LogP contribution >= 0.6 is 0 Å². The highest BCUT2D eigenvalue weighted by molar-refractivity contribution is 7.89. The number of benzene rings is 1. The highest BCUT2D eigenvalue weighted by atomic mass is 32.2. The van der Waals surface area contributed by atoms with Gasteiger partial charge in [-0.25, -0.2) is 13.6 Å². The summed E-state index contributed by atoms with van der Waals surface area (Å²) in [5.41, 5.74) is 1.07.